The molecule has 0 amide bonds. The first kappa shape index (κ1) is 12.3. The summed E-state index contributed by atoms with van der Waals surface area (Å²) in [5.41, 5.74) is 2.08. The summed E-state index contributed by atoms with van der Waals surface area (Å²) in [6.07, 6.45) is 4.11. The minimum atomic E-state index is -0.720. The lowest BCUT2D eigenvalue weighted by molar-refractivity contribution is -0.141. The molecule has 1 aliphatic rings. The van der Waals surface area contributed by atoms with Crippen molar-refractivity contribution in [2.45, 2.75) is 32.2 Å². The summed E-state index contributed by atoms with van der Waals surface area (Å²) < 4.78 is 1.01. The first-order valence-corrected chi connectivity index (χ1v) is 7.23. The van der Waals surface area contributed by atoms with Crippen molar-refractivity contribution in [3.8, 4) is 0 Å². The van der Waals surface area contributed by atoms with E-state index >= 15 is 0 Å². The number of fused-ring (bicyclic) bond motifs is 1. The molecule has 2 aromatic heterocycles. The van der Waals surface area contributed by atoms with E-state index in [-0.39, 0.29) is 12.0 Å². The van der Waals surface area contributed by atoms with Gasteiger partial charge in [0.25, 0.3) is 0 Å². The Kier molecular flexibility index (Phi) is 3.10. The molecule has 0 radical (unpaired) electrons. The molecule has 0 saturated heterocycles. The van der Waals surface area contributed by atoms with Crippen molar-refractivity contribution in [3.63, 3.8) is 0 Å². The van der Waals surface area contributed by atoms with E-state index in [0.29, 0.717) is 0 Å². The Labute approximate surface area is 114 Å². The highest BCUT2D eigenvalue weighted by atomic mass is 32.1. The number of rotatable bonds is 3. The summed E-state index contributed by atoms with van der Waals surface area (Å²) in [7, 11) is 0. The van der Waals surface area contributed by atoms with E-state index in [4.69, 9.17) is 0 Å². The summed E-state index contributed by atoms with van der Waals surface area (Å²) in [4.78, 5) is 19.7. The molecule has 1 fully saturated rings. The predicted molar refractivity (Wildman–Crippen MR) is 74.5 cm³/mol. The number of aromatic nitrogens is 2. The van der Waals surface area contributed by atoms with Crippen LogP contribution in [0.5, 0.6) is 0 Å². The van der Waals surface area contributed by atoms with Gasteiger partial charge in [-0.1, -0.05) is 6.42 Å². The summed E-state index contributed by atoms with van der Waals surface area (Å²) in [6.45, 7) is 2.02. The van der Waals surface area contributed by atoms with Gasteiger partial charge in [-0.2, -0.15) is 0 Å². The van der Waals surface area contributed by atoms with Crippen molar-refractivity contribution in [2.24, 2.45) is 5.92 Å². The number of thiophene rings is 1. The van der Waals surface area contributed by atoms with Crippen LogP contribution in [-0.2, 0) is 4.79 Å². The van der Waals surface area contributed by atoms with Gasteiger partial charge in [-0.15, -0.1) is 11.3 Å². The molecule has 0 spiro atoms. The second-order valence-electron chi connectivity index (χ2n) is 4.95. The Morgan fingerprint density at radius 1 is 1.47 bits per heavy atom. The van der Waals surface area contributed by atoms with Crippen molar-refractivity contribution in [1.82, 2.24) is 9.97 Å². The lowest BCUT2D eigenvalue weighted by Gasteiger charge is -2.18. The van der Waals surface area contributed by atoms with Crippen molar-refractivity contribution in [1.29, 1.82) is 0 Å². The first-order valence-electron chi connectivity index (χ1n) is 6.35. The molecule has 6 heteroatoms. The van der Waals surface area contributed by atoms with Crippen molar-refractivity contribution >= 4 is 33.3 Å². The monoisotopic (exact) mass is 277 g/mol. The molecule has 100 valence electrons. The molecule has 2 N–H and O–H groups in total. The van der Waals surface area contributed by atoms with Crippen molar-refractivity contribution in [3.05, 3.63) is 17.3 Å². The maximum Gasteiger partial charge on any atom is 0.308 e. The van der Waals surface area contributed by atoms with E-state index < -0.39 is 5.97 Å². The quantitative estimate of drug-likeness (QED) is 0.902. The maximum absolute atomic E-state index is 11.2. The van der Waals surface area contributed by atoms with Crippen LogP contribution in [0.1, 0.15) is 24.8 Å². The number of aryl methyl sites for hydroxylation is 1. The second-order valence-corrected chi connectivity index (χ2v) is 5.82. The average Bonchev–Trinajstić information content (AvgIpc) is 2.98. The highest BCUT2D eigenvalue weighted by Crippen LogP contribution is 2.33. The molecule has 2 aromatic rings. The standard InChI is InChI=1S/C13H15N3O2S/c1-7-5-19-11-10(7)14-6-15-12(11)16-9-4-2-3-8(9)13(17)18/h5-6,8-9H,2-4H2,1H3,(H,17,18)(H,14,15,16). The second kappa shape index (κ2) is 4.77. The number of anilines is 1. The van der Waals surface area contributed by atoms with Crippen molar-refractivity contribution < 1.29 is 9.90 Å². The lowest BCUT2D eigenvalue weighted by Crippen LogP contribution is -2.30. The van der Waals surface area contributed by atoms with E-state index in [1.54, 1.807) is 11.3 Å². The fourth-order valence-corrected chi connectivity index (χ4v) is 3.63. The third kappa shape index (κ3) is 2.16. The normalized spacial score (nSPS) is 22.8. The SMILES string of the molecule is Cc1csc2c(NC3CCCC3C(=O)O)ncnc12. The molecule has 1 saturated carbocycles. The molecule has 19 heavy (non-hydrogen) atoms. The van der Waals surface area contributed by atoms with E-state index in [1.165, 1.54) is 6.33 Å². The number of carbonyl (C=O) groups is 1. The van der Waals surface area contributed by atoms with Gasteiger partial charge >= 0.3 is 5.97 Å². The summed E-state index contributed by atoms with van der Waals surface area (Å²) in [6, 6.07) is -0.0296. The number of nitrogens with zero attached hydrogens (tertiary/aromatic N) is 2. The molecule has 0 aliphatic heterocycles. The van der Waals surface area contributed by atoms with E-state index in [9.17, 15) is 9.90 Å². The molecule has 2 heterocycles. The zero-order valence-corrected chi connectivity index (χ0v) is 11.4. The van der Waals surface area contributed by atoms with Crippen LogP contribution < -0.4 is 5.32 Å². The smallest absolute Gasteiger partial charge is 0.308 e. The van der Waals surface area contributed by atoms with E-state index in [0.717, 1.165) is 40.9 Å². The van der Waals surface area contributed by atoms with Crippen LogP contribution in [0.3, 0.4) is 0 Å². The fraction of sp³-hybridized carbons (Fsp3) is 0.462. The Morgan fingerprint density at radius 2 is 2.32 bits per heavy atom. The van der Waals surface area contributed by atoms with Gasteiger partial charge in [-0.25, -0.2) is 9.97 Å². The van der Waals surface area contributed by atoms with Gasteiger partial charge in [-0.3, -0.25) is 4.79 Å². The third-order valence-corrected chi connectivity index (χ3v) is 4.78. The van der Waals surface area contributed by atoms with Crippen LogP contribution in [0.4, 0.5) is 5.82 Å². The van der Waals surface area contributed by atoms with Gasteiger partial charge in [-0.05, 0) is 30.7 Å². The topological polar surface area (TPSA) is 75.1 Å². The van der Waals surface area contributed by atoms with E-state index in [1.807, 2.05) is 12.3 Å². The van der Waals surface area contributed by atoms with Gasteiger partial charge in [0, 0.05) is 6.04 Å². The Balaban J connectivity index is 1.91. The van der Waals surface area contributed by atoms with Gasteiger partial charge in [0.1, 0.15) is 12.1 Å². The third-order valence-electron chi connectivity index (χ3n) is 3.69. The summed E-state index contributed by atoms with van der Waals surface area (Å²) in [5, 5.41) is 14.6. The number of carboxylic acids is 1. The van der Waals surface area contributed by atoms with Crippen LogP contribution in [0, 0.1) is 12.8 Å². The van der Waals surface area contributed by atoms with E-state index in [2.05, 4.69) is 15.3 Å². The lowest BCUT2D eigenvalue weighted by atomic mass is 10.0. The molecular formula is C13H15N3O2S. The number of nitrogens with one attached hydrogen (secondary N) is 1. The molecule has 0 bridgehead atoms. The van der Waals surface area contributed by atoms with Crippen molar-refractivity contribution in [2.75, 3.05) is 5.32 Å². The summed E-state index contributed by atoms with van der Waals surface area (Å²) >= 11 is 1.60. The number of hydrogen-bond acceptors (Lipinski definition) is 5. The Hall–Kier alpha value is -1.69. The molecule has 2 atom stereocenters. The van der Waals surface area contributed by atoms with Crippen LogP contribution in [0.15, 0.2) is 11.7 Å². The van der Waals surface area contributed by atoms with Gasteiger partial charge < -0.3 is 10.4 Å². The minimum absolute atomic E-state index is 0.0296. The molecule has 1 aliphatic carbocycles. The number of carboxylic acid groups (broad SMARTS) is 1. The molecule has 2 unspecified atom stereocenters. The van der Waals surface area contributed by atoms with Crippen LogP contribution in [-0.4, -0.2) is 27.1 Å². The van der Waals surface area contributed by atoms with Crippen LogP contribution >= 0.6 is 11.3 Å². The highest BCUT2D eigenvalue weighted by molar-refractivity contribution is 7.18. The van der Waals surface area contributed by atoms with Gasteiger partial charge in [0.15, 0.2) is 0 Å². The zero-order valence-electron chi connectivity index (χ0n) is 10.6. The Bertz CT molecular complexity index is 625. The number of aliphatic carboxylic acids is 1. The van der Waals surface area contributed by atoms with Crippen LogP contribution in [0.2, 0.25) is 0 Å². The largest absolute Gasteiger partial charge is 0.481 e. The maximum atomic E-state index is 11.2. The fourth-order valence-electron chi connectivity index (χ4n) is 2.68. The Morgan fingerprint density at radius 3 is 3.11 bits per heavy atom. The average molecular weight is 277 g/mol. The molecule has 3 rings (SSSR count). The zero-order chi connectivity index (χ0) is 13.4. The van der Waals surface area contributed by atoms with Gasteiger partial charge in [0.05, 0.1) is 16.1 Å². The molecule has 5 nitrogen and oxygen atoms in total. The molecule has 0 aromatic carbocycles. The number of hydrogen-bond donors (Lipinski definition) is 2. The first-order chi connectivity index (χ1) is 9.16. The van der Waals surface area contributed by atoms with Gasteiger partial charge in [0.2, 0.25) is 0 Å². The summed E-state index contributed by atoms with van der Waals surface area (Å²) in [5.74, 6) is -0.269. The molecular weight excluding hydrogens is 262 g/mol. The predicted octanol–water partition coefficient (Wildman–Crippen LogP) is 2.66. The van der Waals surface area contributed by atoms with Crippen LogP contribution in [0.25, 0.3) is 10.2 Å². The highest BCUT2D eigenvalue weighted by Gasteiger charge is 2.33. The minimum Gasteiger partial charge on any atom is -0.481 e.